The molecular weight excluding hydrogens is 336 g/mol. The van der Waals surface area contributed by atoms with Gasteiger partial charge in [0.2, 0.25) is 5.52 Å². The molecule has 0 atom stereocenters. The highest BCUT2D eigenvalue weighted by molar-refractivity contribution is 7.26. The third-order valence-electron chi connectivity index (χ3n) is 5.84. The lowest BCUT2D eigenvalue weighted by molar-refractivity contribution is -0.662. The van der Waals surface area contributed by atoms with E-state index < -0.39 is 0 Å². The van der Waals surface area contributed by atoms with Crippen LogP contribution in [0.15, 0.2) is 48.8 Å². The quantitative estimate of drug-likeness (QED) is 0.407. The molecule has 0 spiro atoms. The molecule has 0 amide bonds. The molecule has 4 aromatic rings. The molecule has 2 aromatic carbocycles. The summed E-state index contributed by atoms with van der Waals surface area (Å²) in [5.41, 5.74) is 6.53. The highest BCUT2D eigenvalue weighted by Gasteiger charge is 2.23. The maximum Gasteiger partial charge on any atom is 0.287 e. The molecule has 1 saturated carbocycles. The van der Waals surface area contributed by atoms with Crippen molar-refractivity contribution in [3.8, 4) is 11.3 Å². The van der Waals surface area contributed by atoms with Crippen molar-refractivity contribution in [3.63, 3.8) is 0 Å². The Morgan fingerprint density at radius 3 is 2.69 bits per heavy atom. The number of rotatable bonds is 2. The Balaban J connectivity index is 1.77. The predicted molar refractivity (Wildman–Crippen MR) is 110 cm³/mol. The molecule has 0 unspecified atom stereocenters. The second kappa shape index (κ2) is 6.17. The van der Waals surface area contributed by atoms with Crippen LogP contribution in [0.3, 0.4) is 0 Å². The average molecular weight is 360 g/mol. The first-order valence-corrected chi connectivity index (χ1v) is 10.3. The van der Waals surface area contributed by atoms with Crippen LogP contribution in [0.25, 0.3) is 31.6 Å². The Bertz CT molecular complexity index is 1120. The predicted octanol–water partition coefficient (Wildman–Crippen LogP) is 5.91. The second-order valence-electron chi connectivity index (χ2n) is 7.54. The molecule has 0 bridgehead atoms. The number of hydrogen-bond acceptors (Lipinski definition) is 2. The number of nitrogens with zero attached hydrogens (tertiary/aromatic N) is 2. The maximum atomic E-state index is 4.79. The van der Waals surface area contributed by atoms with Crippen LogP contribution >= 0.6 is 11.3 Å². The molecule has 2 heterocycles. The summed E-state index contributed by atoms with van der Waals surface area (Å²) in [5.74, 6) is 0.754. The first-order chi connectivity index (χ1) is 12.7. The number of hydrogen-bond donors (Lipinski definition) is 0. The molecule has 2 aromatic heterocycles. The van der Waals surface area contributed by atoms with Gasteiger partial charge in [0.15, 0.2) is 5.69 Å². The summed E-state index contributed by atoms with van der Waals surface area (Å²) >= 11 is 1.90. The van der Waals surface area contributed by atoms with Gasteiger partial charge < -0.3 is 0 Å². The third kappa shape index (κ3) is 2.45. The van der Waals surface area contributed by atoms with Gasteiger partial charge in [-0.05, 0) is 53.9 Å². The minimum atomic E-state index is 0.754. The first kappa shape index (κ1) is 16.0. The lowest BCUT2D eigenvalue weighted by Crippen LogP contribution is -2.31. The fraction of sp³-hybridized carbons (Fsp3) is 0.304. The summed E-state index contributed by atoms with van der Waals surface area (Å²) in [7, 11) is 2.10. The molecule has 5 rings (SSSR count). The Kier molecular flexibility index (Phi) is 3.79. The van der Waals surface area contributed by atoms with Gasteiger partial charge in [0.05, 0.1) is 7.05 Å². The Hall–Kier alpha value is -2.26. The van der Waals surface area contributed by atoms with E-state index in [2.05, 4.69) is 61.0 Å². The largest absolute Gasteiger partial charge is 0.287 e. The van der Waals surface area contributed by atoms with E-state index in [9.17, 15) is 0 Å². The number of benzene rings is 2. The highest BCUT2D eigenvalue weighted by Crippen LogP contribution is 2.41. The molecule has 1 aliphatic carbocycles. The van der Waals surface area contributed by atoms with Gasteiger partial charge >= 0.3 is 0 Å². The van der Waals surface area contributed by atoms with E-state index in [1.54, 1.807) is 0 Å². The van der Waals surface area contributed by atoms with E-state index in [0.29, 0.717) is 0 Å². The van der Waals surface area contributed by atoms with Crippen LogP contribution in [0, 0.1) is 6.92 Å². The van der Waals surface area contributed by atoms with Crippen molar-refractivity contribution in [1.82, 2.24) is 4.98 Å². The lowest BCUT2D eigenvalue weighted by Gasteiger charge is -2.08. The van der Waals surface area contributed by atoms with Gasteiger partial charge in [-0.3, -0.25) is 0 Å². The van der Waals surface area contributed by atoms with Crippen LogP contribution < -0.4 is 4.57 Å². The zero-order valence-electron chi connectivity index (χ0n) is 15.3. The molecule has 0 N–H and O–H groups in total. The number of fused-ring (bicyclic) bond motifs is 3. The molecule has 0 saturated heterocycles. The van der Waals surface area contributed by atoms with Crippen molar-refractivity contribution in [3.05, 3.63) is 59.9 Å². The topological polar surface area (TPSA) is 16.8 Å². The van der Waals surface area contributed by atoms with Gasteiger partial charge in [-0.25, -0.2) is 4.57 Å². The SMILES string of the molecule is Cc1ccccc1-c1c2sc3cc(C4CCCC4)ccc3c2nc[n+]1C. The summed E-state index contributed by atoms with van der Waals surface area (Å²) in [5, 5.41) is 1.29. The molecular formula is C23H23N2S+. The minimum absolute atomic E-state index is 0.754. The van der Waals surface area contributed by atoms with Crippen LogP contribution in [0.5, 0.6) is 0 Å². The molecule has 1 fully saturated rings. The van der Waals surface area contributed by atoms with E-state index in [-0.39, 0.29) is 0 Å². The highest BCUT2D eigenvalue weighted by atomic mass is 32.1. The summed E-state index contributed by atoms with van der Waals surface area (Å²) in [6, 6.07) is 15.7. The van der Waals surface area contributed by atoms with Crippen LogP contribution in [0.4, 0.5) is 0 Å². The summed E-state index contributed by atoms with van der Waals surface area (Å²) in [6.45, 7) is 2.19. The van der Waals surface area contributed by atoms with E-state index in [1.807, 2.05) is 17.7 Å². The van der Waals surface area contributed by atoms with E-state index in [0.717, 1.165) is 11.4 Å². The Labute approximate surface area is 158 Å². The first-order valence-electron chi connectivity index (χ1n) is 9.49. The number of aromatic nitrogens is 2. The van der Waals surface area contributed by atoms with E-state index >= 15 is 0 Å². The van der Waals surface area contributed by atoms with Crippen LogP contribution in [0.1, 0.15) is 42.7 Å². The van der Waals surface area contributed by atoms with Crippen LogP contribution in [-0.2, 0) is 7.05 Å². The van der Waals surface area contributed by atoms with Crippen molar-refractivity contribution in [2.75, 3.05) is 0 Å². The van der Waals surface area contributed by atoms with Crippen molar-refractivity contribution in [2.24, 2.45) is 7.05 Å². The Morgan fingerprint density at radius 2 is 1.88 bits per heavy atom. The van der Waals surface area contributed by atoms with Crippen molar-refractivity contribution in [1.29, 1.82) is 0 Å². The van der Waals surface area contributed by atoms with Crippen molar-refractivity contribution < 1.29 is 4.57 Å². The van der Waals surface area contributed by atoms with Gasteiger partial charge in [0.1, 0.15) is 4.70 Å². The van der Waals surface area contributed by atoms with Crippen LogP contribution in [0.2, 0.25) is 0 Å². The monoisotopic (exact) mass is 359 g/mol. The lowest BCUT2D eigenvalue weighted by atomic mass is 9.97. The smallest absolute Gasteiger partial charge is 0.231 e. The van der Waals surface area contributed by atoms with Crippen molar-refractivity contribution >= 4 is 31.6 Å². The molecule has 26 heavy (non-hydrogen) atoms. The molecule has 2 nitrogen and oxygen atoms in total. The summed E-state index contributed by atoms with van der Waals surface area (Å²) < 4.78 is 4.83. The van der Waals surface area contributed by atoms with Crippen molar-refractivity contribution in [2.45, 2.75) is 38.5 Å². The normalized spacial score (nSPS) is 15.3. The van der Waals surface area contributed by atoms with Gasteiger partial charge in [-0.1, -0.05) is 43.2 Å². The van der Waals surface area contributed by atoms with E-state index in [4.69, 9.17) is 4.98 Å². The van der Waals surface area contributed by atoms with Crippen LogP contribution in [-0.4, -0.2) is 4.98 Å². The summed E-state index contributed by atoms with van der Waals surface area (Å²) in [4.78, 5) is 4.79. The second-order valence-corrected chi connectivity index (χ2v) is 8.59. The van der Waals surface area contributed by atoms with Gasteiger partial charge in [0, 0.05) is 15.6 Å². The van der Waals surface area contributed by atoms with Gasteiger partial charge in [-0.2, -0.15) is 0 Å². The standard InChI is InChI=1S/C23H23N2S/c1-15-7-3-6-10-18(15)22-23-21(24-14-25(22)2)19-12-11-17(13-20(19)26-23)16-8-4-5-9-16/h3,6-7,10-14,16H,4-5,8-9H2,1-2H3/q+1. The van der Waals surface area contributed by atoms with Gasteiger partial charge in [-0.15, -0.1) is 11.3 Å². The summed E-state index contributed by atoms with van der Waals surface area (Å²) in [6.07, 6.45) is 7.41. The van der Waals surface area contributed by atoms with Gasteiger partial charge in [0.25, 0.3) is 6.33 Å². The number of aryl methyl sites for hydroxylation is 2. The number of thiophene rings is 1. The zero-order valence-corrected chi connectivity index (χ0v) is 16.1. The maximum absolute atomic E-state index is 4.79. The fourth-order valence-corrected chi connectivity index (χ4v) is 5.71. The molecule has 0 radical (unpaired) electrons. The molecule has 0 aliphatic heterocycles. The third-order valence-corrected chi connectivity index (χ3v) is 6.99. The Morgan fingerprint density at radius 1 is 1.08 bits per heavy atom. The molecule has 1 aliphatic rings. The molecule has 130 valence electrons. The fourth-order valence-electron chi connectivity index (χ4n) is 4.41. The van der Waals surface area contributed by atoms with E-state index in [1.165, 1.54) is 62.9 Å². The molecule has 3 heteroatoms. The minimum Gasteiger partial charge on any atom is -0.231 e. The zero-order chi connectivity index (χ0) is 17.7. The average Bonchev–Trinajstić information content (AvgIpc) is 3.29.